The summed E-state index contributed by atoms with van der Waals surface area (Å²) >= 11 is 0. The first-order chi connectivity index (χ1) is 14.6. The van der Waals surface area contributed by atoms with Crippen LogP contribution in [0.2, 0.25) is 0 Å². The molecule has 31 heavy (non-hydrogen) atoms. The smallest absolute Gasteiger partial charge is 0.245 e. The van der Waals surface area contributed by atoms with Gasteiger partial charge >= 0.3 is 0 Å². The van der Waals surface area contributed by atoms with E-state index in [2.05, 4.69) is 56.9 Å². The number of carbonyl (C=O) groups is 2. The minimum atomic E-state index is -0.304. The van der Waals surface area contributed by atoms with Crippen LogP contribution < -0.4 is 5.32 Å². The molecular weight excluding hydrogens is 388 g/mol. The lowest BCUT2D eigenvalue weighted by atomic mass is 9.57. The molecule has 2 atom stereocenters. The Morgan fingerprint density at radius 3 is 2.29 bits per heavy atom. The summed E-state index contributed by atoms with van der Waals surface area (Å²) in [6, 6.07) is -0.453. The molecule has 0 bridgehead atoms. The molecule has 2 aliphatic heterocycles. The second-order valence-electron chi connectivity index (χ2n) is 11.7. The molecule has 1 unspecified atom stereocenters. The van der Waals surface area contributed by atoms with E-state index in [0.717, 1.165) is 51.2 Å². The molecule has 1 saturated carbocycles. The van der Waals surface area contributed by atoms with Gasteiger partial charge in [-0.15, -0.1) is 0 Å². The van der Waals surface area contributed by atoms with Crippen molar-refractivity contribution in [2.45, 2.75) is 78.3 Å². The quantitative estimate of drug-likeness (QED) is 0.638. The van der Waals surface area contributed by atoms with Gasteiger partial charge in [-0.2, -0.15) is 0 Å². The number of carbonyl (C=O) groups excluding carboxylic acids is 2. The molecule has 0 aromatic rings. The Morgan fingerprint density at radius 1 is 1.10 bits per heavy atom. The molecule has 3 aliphatic rings. The first kappa shape index (κ1) is 24.5. The van der Waals surface area contributed by atoms with Gasteiger partial charge in [-0.1, -0.05) is 27.7 Å². The van der Waals surface area contributed by atoms with Crippen LogP contribution in [-0.2, 0) is 9.59 Å². The van der Waals surface area contributed by atoms with Gasteiger partial charge in [0.15, 0.2) is 0 Å². The van der Waals surface area contributed by atoms with Gasteiger partial charge in [-0.25, -0.2) is 0 Å². The van der Waals surface area contributed by atoms with E-state index in [9.17, 15) is 9.59 Å². The Bertz CT molecular complexity index is 617. The van der Waals surface area contributed by atoms with Crippen LogP contribution in [-0.4, -0.2) is 85.4 Å². The molecule has 0 radical (unpaired) electrons. The molecule has 2 amide bonds. The molecule has 6 nitrogen and oxygen atoms in total. The first-order valence-corrected chi connectivity index (χ1v) is 12.6. The highest BCUT2D eigenvalue weighted by Crippen LogP contribution is 2.52. The fourth-order valence-corrected chi connectivity index (χ4v) is 6.16. The number of likely N-dealkylation sites (tertiary alicyclic amines) is 1. The van der Waals surface area contributed by atoms with E-state index in [1.807, 2.05) is 4.90 Å². The lowest BCUT2D eigenvalue weighted by Gasteiger charge is -2.53. The summed E-state index contributed by atoms with van der Waals surface area (Å²) < 4.78 is 0. The van der Waals surface area contributed by atoms with Crippen LogP contribution >= 0.6 is 0 Å². The van der Waals surface area contributed by atoms with Crippen LogP contribution in [0.15, 0.2) is 0 Å². The number of piperazine rings is 1. The van der Waals surface area contributed by atoms with Crippen LogP contribution in [0.1, 0.15) is 66.2 Å². The van der Waals surface area contributed by atoms with Gasteiger partial charge in [0.1, 0.15) is 6.04 Å². The average Bonchev–Trinajstić information content (AvgIpc) is 2.66. The van der Waals surface area contributed by atoms with E-state index in [-0.39, 0.29) is 23.9 Å². The summed E-state index contributed by atoms with van der Waals surface area (Å²) in [6.45, 7) is 12.9. The number of rotatable bonds is 8. The monoisotopic (exact) mass is 434 g/mol. The third kappa shape index (κ3) is 6.01. The number of amides is 2. The number of nitrogens with zero attached hydrogens (tertiary/aromatic N) is 3. The van der Waals surface area contributed by atoms with Crippen molar-refractivity contribution < 1.29 is 9.59 Å². The maximum absolute atomic E-state index is 13.6. The largest absolute Gasteiger partial charge is 0.341 e. The van der Waals surface area contributed by atoms with Gasteiger partial charge in [0, 0.05) is 32.7 Å². The van der Waals surface area contributed by atoms with Crippen LogP contribution in [0.4, 0.5) is 0 Å². The van der Waals surface area contributed by atoms with Gasteiger partial charge in [0.25, 0.3) is 0 Å². The summed E-state index contributed by atoms with van der Waals surface area (Å²) in [5.74, 6) is 1.97. The fraction of sp³-hybridized carbons (Fsp3) is 0.920. The van der Waals surface area contributed by atoms with Crippen molar-refractivity contribution in [3.8, 4) is 0 Å². The number of hydrogen-bond acceptors (Lipinski definition) is 4. The van der Waals surface area contributed by atoms with Crippen molar-refractivity contribution in [1.82, 2.24) is 20.0 Å². The van der Waals surface area contributed by atoms with Crippen molar-refractivity contribution in [1.29, 1.82) is 0 Å². The van der Waals surface area contributed by atoms with Gasteiger partial charge in [-0.3, -0.25) is 9.59 Å². The minimum Gasteiger partial charge on any atom is -0.341 e. The highest BCUT2D eigenvalue weighted by Gasteiger charge is 2.47. The second-order valence-corrected chi connectivity index (χ2v) is 11.7. The summed E-state index contributed by atoms with van der Waals surface area (Å²) in [5, 5.41) is 3.38. The van der Waals surface area contributed by atoms with E-state index in [0.29, 0.717) is 23.8 Å². The summed E-state index contributed by atoms with van der Waals surface area (Å²) in [4.78, 5) is 33.2. The third-order valence-corrected chi connectivity index (χ3v) is 7.59. The van der Waals surface area contributed by atoms with Crippen molar-refractivity contribution in [3.63, 3.8) is 0 Å². The Balaban J connectivity index is 1.61. The van der Waals surface area contributed by atoms with Crippen LogP contribution in [0, 0.1) is 23.2 Å². The predicted octanol–water partition coefficient (Wildman–Crippen LogP) is 2.83. The van der Waals surface area contributed by atoms with Gasteiger partial charge < -0.3 is 20.0 Å². The highest BCUT2D eigenvalue weighted by atomic mass is 16.2. The van der Waals surface area contributed by atoms with E-state index >= 15 is 0 Å². The summed E-state index contributed by atoms with van der Waals surface area (Å²) in [6.07, 6.45) is 6.47. The normalized spacial score (nSPS) is 25.6. The zero-order chi connectivity index (χ0) is 22.8. The zero-order valence-corrected chi connectivity index (χ0v) is 20.8. The van der Waals surface area contributed by atoms with E-state index in [4.69, 9.17) is 0 Å². The fourth-order valence-electron chi connectivity index (χ4n) is 6.16. The Hall–Kier alpha value is -1.14. The molecule has 2 heterocycles. The molecule has 1 aliphatic carbocycles. The lowest BCUT2D eigenvalue weighted by molar-refractivity contribution is -0.152. The van der Waals surface area contributed by atoms with Gasteiger partial charge in [0.2, 0.25) is 11.8 Å². The number of piperidine rings is 1. The van der Waals surface area contributed by atoms with Crippen molar-refractivity contribution in [2.75, 3.05) is 46.8 Å². The van der Waals surface area contributed by atoms with E-state index in [1.165, 1.54) is 19.4 Å². The van der Waals surface area contributed by atoms with E-state index < -0.39 is 0 Å². The van der Waals surface area contributed by atoms with Crippen LogP contribution in [0.25, 0.3) is 0 Å². The maximum atomic E-state index is 13.6. The summed E-state index contributed by atoms with van der Waals surface area (Å²) in [5.41, 5.74) is 0.470. The second kappa shape index (κ2) is 10.2. The Labute approximate surface area is 190 Å². The average molecular weight is 435 g/mol. The molecule has 2 saturated heterocycles. The minimum absolute atomic E-state index is 0.123. The standard InChI is InChI=1S/C25H46N4O2/c1-18(2)13-21-23(30)29(12-9-26-21)22(14-19(3)4)24(31)28-10-7-25(8-11-28)15-20(16-25)17-27(5)6/h18-22,26H,7-17H2,1-6H3/t21-,22?/m0/s1. The molecule has 1 spiro atoms. The number of hydrogen-bond donors (Lipinski definition) is 1. The molecule has 3 fully saturated rings. The molecule has 6 heteroatoms. The third-order valence-electron chi connectivity index (χ3n) is 7.59. The van der Waals surface area contributed by atoms with Gasteiger partial charge in [-0.05, 0) is 75.8 Å². The van der Waals surface area contributed by atoms with Crippen molar-refractivity contribution in [3.05, 3.63) is 0 Å². The lowest BCUT2D eigenvalue weighted by Crippen LogP contribution is -2.62. The topological polar surface area (TPSA) is 55.9 Å². The van der Waals surface area contributed by atoms with Gasteiger partial charge in [0.05, 0.1) is 6.04 Å². The SMILES string of the molecule is CC(C)CC(C(=O)N1CCC2(CC1)CC(CN(C)C)C2)N1CCN[C@@H](CC(C)C)C1=O. The molecule has 0 aromatic carbocycles. The molecule has 3 rings (SSSR count). The van der Waals surface area contributed by atoms with E-state index in [1.54, 1.807) is 0 Å². The molecular formula is C25H46N4O2. The maximum Gasteiger partial charge on any atom is 0.245 e. The first-order valence-electron chi connectivity index (χ1n) is 12.6. The van der Waals surface area contributed by atoms with Crippen LogP contribution in [0.5, 0.6) is 0 Å². The molecule has 178 valence electrons. The Kier molecular flexibility index (Phi) is 8.06. The van der Waals surface area contributed by atoms with Crippen molar-refractivity contribution >= 4 is 11.8 Å². The molecule has 1 N–H and O–H groups in total. The zero-order valence-electron chi connectivity index (χ0n) is 20.8. The predicted molar refractivity (Wildman–Crippen MR) is 126 cm³/mol. The van der Waals surface area contributed by atoms with Crippen LogP contribution in [0.3, 0.4) is 0 Å². The molecule has 0 aromatic heterocycles. The van der Waals surface area contributed by atoms with Crippen molar-refractivity contribution in [2.24, 2.45) is 23.2 Å². The Morgan fingerprint density at radius 2 is 1.74 bits per heavy atom. The summed E-state index contributed by atoms with van der Waals surface area (Å²) in [7, 11) is 4.31. The highest BCUT2D eigenvalue weighted by molar-refractivity contribution is 5.90. The number of nitrogens with one attached hydrogen (secondary N) is 1.